The van der Waals surface area contributed by atoms with Gasteiger partial charge in [0, 0.05) is 10.7 Å². The van der Waals surface area contributed by atoms with Crippen molar-refractivity contribution in [3.63, 3.8) is 0 Å². The maximum atomic E-state index is 11.2. The highest BCUT2D eigenvalue weighted by Crippen LogP contribution is 2.22. The van der Waals surface area contributed by atoms with Crippen LogP contribution in [0.2, 0.25) is 0 Å². The first-order chi connectivity index (χ1) is 6.86. The standard InChI is InChI=1S/C9H9ClO4S/c1-6-3-4-7(9(11)14-2)8(5-6)15(10,12)13/h3-5H,1-2H3. The number of aryl methyl sites for hydroxylation is 1. The third kappa shape index (κ3) is 2.70. The summed E-state index contributed by atoms with van der Waals surface area (Å²) in [6.45, 7) is 1.70. The number of esters is 1. The summed E-state index contributed by atoms with van der Waals surface area (Å²) in [6, 6.07) is 4.31. The fourth-order valence-corrected chi connectivity index (χ4v) is 2.23. The molecule has 1 rings (SSSR count). The van der Waals surface area contributed by atoms with Crippen LogP contribution in [0.4, 0.5) is 0 Å². The van der Waals surface area contributed by atoms with Crippen molar-refractivity contribution in [2.45, 2.75) is 11.8 Å². The zero-order valence-corrected chi connectivity index (χ0v) is 9.72. The molecular formula is C9H9ClO4S. The van der Waals surface area contributed by atoms with E-state index in [0.717, 1.165) is 0 Å². The molecule has 0 aliphatic rings. The highest BCUT2D eigenvalue weighted by molar-refractivity contribution is 8.13. The molecule has 0 N–H and O–H groups in total. The summed E-state index contributed by atoms with van der Waals surface area (Å²) >= 11 is 0. The minimum Gasteiger partial charge on any atom is -0.465 e. The molecule has 0 atom stereocenters. The zero-order valence-electron chi connectivity index (χ0n) is 8.15. The average Bonchev–Trinajstić information content (AvgIpc) is 2.15. The smallest absolute Gasteiger partial charge is 0.339 e. The van der Waals surface area contributed by atoms with Crippen LogP contribution in [-0.2, 0) is 13.8 Å². The molecule has 0 bridgehead atoms. The lowest BCUT2D eigenvalue weighted by Gasteiger charge is -2.05. The Labute approximate surface area is 92.2 Å². The van der Waals surface area contributed by atoms with Gasteiger partial charge in [-0.1, -0.05) is 6.07 Å². The molecule has 82 valence electrons. The number of benzene rings is 1. The van der Waals surface area contributed by atoms with Gasteiger partial charge in [0.2, 0.25) is 0 Å². The van der Waals surface area contributed by atoms with Gasteiger partial charge in [-0.05, 0) is 24.6 Å². The van der Waals surface area contributed by atoms with Gasteiger partial charge < -0.3 is 4.74 Å². The van der Waals surface area contributed by atoms with Crippen molar-refractivity contribution >= 4 is 25.7 Å². The second-order valence-corrected chi connectivity index (χ2v) is 5.46. The number of ether oxygens (including phenoxy) is 1. The second-order valence-electron chi connectivity index (χ2n) is 2.93. The number of hydrogen-bond acceptors (Lipinski definition) is 4. The molecule has 0 heterocycles. The van der Waals surface area contributed by atoms with E-state index in [1.165, 1.54) is 19.2 Å². The molecule has 0 aliphatic heterocycles. The van der Waals surface area contributed by atoms with E-state index in [2.05, 4.69) is 4.74 Å². The van der Waals surface area contributed by atoms with Crippen LogP contribution in [0.3, 0.4) is 0 Å². The molecule has 0 radical (unpaired) electrons. The minimum absolute atomic E-state index is 0.0573. The summed E-state index contributed by atoms with van der Waals surface area (Å²) in [6.07, 6.45) is 0. The number of carbonyl (C=O) groups is 1. The van der Waals surface area contributed by atoms with E-state index in [-0.39, 0.29) is 10.5 Å². The van der Waals surface area contributed by atoms with Crippen molar-refractivity contribution in [2.24, 2.45) is 0 Å². The first kappa shape index (κ1) is 12.0. The zero-order chi connectivity index (χ0) is 11.6. The van der Waals surface area contributed by atoms with Crippen molar-refractivity contribution in [3.8, 4) is 0 Å². The third-order valence-corrected chi connectivity index (χ3v) is 3.17. The van der Waals surface area contributed by atoms with Crippen LogP contribution in [0, 0.1) is 6.92 Å². The van der Waals surface area contributed by atoms with Crippen LogP contribution < -0.4 is 0 Å². The first-order valence-electron chi connectivity index (χ1n) is 4.00. The van der Waals surface area contributed by atoms with E-state index in [1.807, 2.05) is 0 Å². The fourth-order valence-electron chi connectivity index (χ4n) is 1.11. The highest BCUT2D eigenvalue weighted by atomic mass is 35.7. The van der Waals surface area contributed by atoms with Crippen molar-refractivity contribution in [2.75, 3.05) is 7.11 Å². The van der Waals surface area contributed by atoms with Gasteiger partial charge in [-0.25, -0.2) is 13.2 Å². The van der Waals surface area contributed by atoms with Crippen molar-refractivity contribution in [1.82, 2.24) is 0 Å². The second kappa shape index (κ2) is 4.20. The summed E-state index contributed by atoms with van der Waals surface area (Å²) in [5.74, 6) is -0.728. The van der Waals surface area contributed by atoms with Crippen molar-refractivity contribution in [1.29, 1.82) is 0 Å². The van der Waals surface area contributed by atoms with Crippen LogP contribution in [0.15, 0.2) is 23.1 Å². The molecule has 1 aromatic rings. The Balaban J connectivity index is 3.47. The predicted octanol–water partition coefficient (Wildman–Crippen LogP) is 1.71. The lowest BCUT2D eigenvalue weighted by Crippen LogP contribution is -2.07. The monoisotopic (exact) mass is 248 g/mol. The van der Waals surface area contributed by atoms with Crippen LogP contribution in [0.25, 0.3) is 0 Å². The number of rotatable bonds is 2. The number of carbonyl (C=O) groups excluding carboxylic acids is 1. The van der Waals surface area contributed by atoms with Gasteiger partial charge in [0.1, 0.15) is 0 Å². The Morgan fingerprint density at radius 1 is 1.40 bits per heavy atom. The van der Waals surface area contributed by atoms with E-state index < -0.39 is 15.0 Å². The van der Waals surface area contributed by atoms with E-state index >= 15 is 0 Å². The summed E-state index contributed by atoms with van der Waals surface area (Å²) < 4.78 is 26.8. The quantitative estimate of drug-likeness (QED) is 0.591. The molecular weight excluding hydrogens is 240 g/mol. The summed E-state index contributed by atoms with van der Waals surface area (Å²) in [4.78, 5) is 11.0. The topological polar surface area (TPSA) is 60.4 Å². The molecule has 6 heteroatoms. The molecule has 15 heavy (non-hydrogen) atoms. The Morgan fingerprint density at radius 2 is 2.00 bits per heavy atom. The van der Waals surface area contributed by atoms with E-state index in [4.69, 9.17) is 10.7 Å². The molecule has 0 aromatic heterocycles. The number of hydrogen-bond donors (Lipinski definition) is 0. The largest absolute Gasteiger partial charge is 0.465 e. The van der Waals surface area contributed by atoms with Crippen LogP contribution in [0.5, 0.6) is 0 Å². The van der Waals surface area contributed by atoms with Gasteiger partial charge in [0.25, 0.3) is 9.05 Å². The third-order valence-electron chi connectivity index (χ3n) is 1.81. The van der Waals surface area contributed by atoms with Gasteiger partial charge in [-0.2, -0.15) is 0 Å². The lowest BCUT2D eigenvalue weighted by atomic mass is 10.1. The van der Waals surface area contributed by atoms with Crippen molar-refractivity contribution < 1.29 is 17.9 Å². The number of methoxy groups -OCH3 is 1. The van der Waals surface area contributed by atoms with Gasteiger partial charge in [-0.3, -0.25) is 0 Å². The molecule has 1 aromatic carbocycles. The SMILES string of the molecule is COC(=O)c1ccc(C)cc1S(=O)(=O)Cl. The fraction of sp³-hybridized carbons (Fsp3) is 0.222. The lowest BCUT2D eigenvalue weighted by molar-refractivity contribution is 0.0596. The van der Waals surface area contributed by atoms with Crippen LogP contribution in [-0.4, -0.2) is 21.5 Å². The van der Waals surface area contributed by atoms with E-state index in [9.17, 15) is 13.2 Å². The Hall–Kier alpha value is -1.07. The summed E-state index contributed by atoms with van der Waals surface area (Å²) in [5, 5.41) is 0. The summed E-state index contributed by atoms with van der Waals surface area (Å²) in [5.41, 5.74) is 0.639. The highest BCUT2D eigenvalue weighted by Gasteiger charge is 2.20. The normalized spacial score (nSPS) is 11.1. The molecule has 0 saturated carbocycles. The van der Waals surface area contributed by atoms with Gasteiger partial charge in [0.15, 0.2) is 0 Å². The average molecular weight is 249 g/mol. The Kier molecular flexibility index (Phi) is 3.36. The van der Waals surface area contributed by atoms with Gasteiger partial charge in [0.05, 0.1) is 17.6 Å². The molecule has 0 saturated heterocycles. The molecule has 0 fully saturated rings. The van der Waals surface area contributed by atoms with Crippen molar-refractivity contribution in [3.05, 3.63) is 29.3 Å². The Bertz CT molecular complexity index is 493. The molecule has 4 nitrogen and oxygen atoms in total. The minimum atomic E-state index is -3.94. The van der Waals surface area contributed by atoms with Gasteiger partial charge in [-0.15, -0.1) is 0 Å². The molecule has 0 spiro atoms. The van der Waals surface area contributed by atoms with Crippen LogP contribution in [0.1, 0.15) is 15.9 Å². The molecule has 0 amide bonds. The predicted molar refractivity (Wildman–Crippen MR) is 55.6 cm³/mol. The van der Waals surface area contributed by atoms with Crippen LogP contribution >= 0.6 is 10.7 Å². The maximum absolute atomic E-state index is 11.2. The Morgan fingerprint density at radius 3 is 2.47 bits per heavy atom. The molecule has 0 aliphatic carbocycles. The van der Waals surface area contributed by atoms with Gasteiger partial charge >= 0.3 is 5.97 Å². The maximum Gasteiger partial charge on any atom is 0.339 e. The first-order valence-corrected chi connectivity index (χ1v) is 6.31. The summed E-state index contributed by atoms with van der Waals surface area (Å²) in [7, 11) is 2.43. The van der Waals surface area contributed by atoms with E-state index in [1.54, 1.807) is 13.0 Å². The molecule has 0 unspecified atom stereocenters. The van der Waals surface area contributed by atoms with E-state index in [0.29, 0.717) is 5.56 Å². The number of halogens is 1.